The maximum Gasteiger partial charge on any atom is 0.416 e. The van der Waals surface area contributed by atoms with E-state index in [0.717, 1.165) is 42.3 Å². The van der Waals surface area contributed by atoms with E-state index in [1.54, 1.807) is 6.07 Å². The van der Waals surface area contributed by atoms with Crippen molar-refractivity contribution in [2.45, 2.75) is 58.2 Å². The number of benzene rings is 1. The monoisotopic (exact) mass is 536 g/mol. The zero-order valence-corrected chi connectivity index (χ0v) is 19.7. The number of hydrogen-bond donors (Lipinski definition) is 2. The zero-order valence-electron chi connectivity index (χ0n) is 17.4. The standard InChI is InChI=1S/C21H27F3N4O.HI/c1-4-25-19(26-12-18-28-14(2)15(3)29-18)27-13-20(9-6-10-20)16-7-5-8-17(11-16)21(22,23)24;/h5,7-8,11H,4,6,9-10,12-13H2,1-3H3,(H2,25,26,27);1H. The van der Waals surface area contributed by atoms with Crippen LogP contribution in [-0.4, -0.2) is 24.0 Å². The number of nitrogens with zero attached hydrogens (tertiary/aromatic N) is 2. The molecule has 2 N–H and O–H groups in total. The number of alkyl halides is 3. The lowest BCUT2D eigenvalue weighted by atomic mass is 9.64. The SMILES string of the molecule is CCNC(=NCc1nc(C)c(C)o1)NCC1(c2cccc(C(F)(F)F)c2)CCC1.I. The third-order valence-corrected chi connectivity index (χ3v) is 5.50. The summed E-state index contributed by atoms with van der Waals surface area (Å²) in [4.78, 5) is 8.83. The number of hydrogen-bond acceptors (Lipinski definition) is 3. The molecule has 1 aliphatic carbocycles. The Balaban J connectivity index is 0.00000320. The van der Waals surface area contributed by atoms with Crippen molar-refractivity contribution in [3.8, 4) is 0 Å². The summed E-state index contributed by atoms with van der Waals surface area (Å²) in [5, 5.41) is 6.47. The largest absolute Gasteiger partial charge is 0.444 e. The van der Waals surface area contributed by atoms with Gasteiger partial charge in [0.15, 0.2) is 5.96 Å². The Morgan fingerprint density at radius 3 is 2.50 bits per heavy atom. The Morgan fingerprint density at radius 1 is 1.23 bits per heavy atom. The predicted octanol–water partition coefficient (Wildman–Crippen LogP) is 5.11. The van der Waals surface area contributed by atoms with Gasteiger partial charge in [-0.15, -0.1) is 24.0 Å². The zero-order chi connectivity index (χ0) is 21.1. The molecule has 0 amide bonds. The molecule has 9 heteroatoms. The molecular weight excluding hydrogens is 508 g/mol. The van der Waals surface area contributed by atoms with Crippen LogP contribution in [0.5, 0.6) is 0 Å². The van der Waals surface area contributed by atoms with Crippen molar-refractivity contribution in [2.75, 3.05) is 13.1 Å². The molecule has 2 aromatic rings. The van der Waals surface area contributed by atoms with Crippen molar-refractivity contribution in [2.24, 2.45) is 4.99 Å². The Hall–Kier alpha value is -1.78. The molecule has 1 fully saturated rings. The predicted molar refractivity (Wildman–Crippen MR) is 121 cm³/mol. The Kier molecular flexibility index (Phi) is 8.18. The van der Waals surface area contributed by atoms with Gasteiger partial charge in [0.05, 0.1) is 11.3 Å². The fourth-order valence-corrected chi connectivity index (χ4v) is 3.54. The van der Waals surface area contributed by atoms with Gasteiger partial charge in [-0.3, -0.25) is 0 Å². The van der Waals surface area contributed by atoms with E-state index in [2.05, 4.69) is 20.6 Å². The third-order valence-electron chi connectivity index (χ3n) is 5.50. The third kappa shape index (κ3) is 5.67. The van der Waals surface area contributed by atoms with E-state index in [-0.39, 0.29) is 29.4 Å². The van der Waals surface area contributed by atoms with Gasteiger partial charge in [0, 0.05) is 18.5 Å². The van der Waals surface area contributed by atoms with E-state index >= 15 is 0 Å². The average molecular weight is 536 g/mol. The van der Waals surface area contributed by atoms with Crippen LogP contribution in [0.15, 0.2) is 33.7 Å². The molecule has 0 bridgehead atoms. The first kappa shape index (κ1) is 24.5. The van der Waals surface area contributed by atoms with Crippen molar-refractivity contribution in [1.29, 1.82) is 0 Å². The first-order valence-electron chi connectivity index (χ1n) is 9.86. The average Bonchev–Trinajstić information content (AvgIpc) is 2.96. The Labute approximate surface area is 192 Å². The minimum Gasteiger partial charge on any atom is -0.444 e. The number of aryl methyl sites for hydroxylation is 2. The number of nitrogens with one attached hydrogen (secondary N) is 2. The highest BCUT2D eigenvalue weighted by molar-refractivity contribution is 14.0. The van der Waals surface area contributed by atoms with Crippen molar-refractivity contribution in [1.82, 2.24) is 15.6 Å². The number of oxazole rings is 1. The summed E-state index contributed by atoms with van der Waals surface area (Å²) in [5.41, 5.74) is 0.650. The highest BCUT2D eigenvalue weighted by Crippen LogP contribution is 2.44. The summed E-state index contributed by atoms with van der Waals surface area (Å²) >= 11 is 0. The van der Waals surface area contributed by atoms with Gasteiger partial charge in [-0.1, -0.05) is 24.6 Å². The fourth-order valence-electron chi connectivity index (χ4n) is 3.54. The number of halogens is 4. The van der Waals surface area contributed by atoms with Crippen LogP contribution >= 0.6 is 24.0 Å². The van der Waals surface area contributed by atoms with Gasteiger partial charge in [0.1, 0.15) is 12.3 Å². The summed E-state index contributed by atoms with van der Waals surface area (Å²) in [7, 11) is 0. The Bertz CT molecular complexity index is 856. The van der Waals surface area contributed by atoms with Gasteiger partial charge in [-0.2, -0.15) is 13.2 Å². The highest BCUT2D eigenvalue weighted by Gasteiger charge is 2.40. The smallest absolute Gasteiger partial charge is 0.416 e. The van der Waals surface area contributed by atoms with E-state index in [9.17, 15) is 13.2 Å². The second kappa shape index (κ2) is 10.0. The summed E-state index contributed by atoms with van der Waals surface area (Å²) in [5.74, 6) is 1.90. The molecule has 0 radical (unpaired) electrons. The van der Waals surface area contributed by atoms with Crippen LogP contribution in [-0.2, 0) is 18.1 Å². The summed E-state index contributed by atoms with van der Waals surface area (Å²) in [6, 6.07) is 5.68. The summed E-state index contributed by atoms with van der Waals surface area (Å²) in [6.07, 6.45) is -1.64. The van der Waals surface area contributed by atoms with Gasteiger partial charge in [-0.25, -0.2) is 9.98 Å². The van der Waals surface area contributed by atoms with Crippen LogP contribution in [0.3, 0.4) is 0 Å². The number of rotatable bonds is 6. The molecule has 1 aliphatic rings. The van der Waals surface area contributed by atoms with Crippen molar-refractivity contribution in [3.63, 3.8) is 0 Å². The van der Waals surface area contributed by atoms with Crippen LogP contribution in [0.25, 0.3) is 0 Å². The molecular formula is C21H28F3IN4O. The fraction of sp³-hybridized carbons (Fsp3) is 0.524. The molecule has 1 saturated carbocycles. The van der Waals surface area contributed by atoms with Gasteiger partial charge in [0.2, 0.25) is 5.89 Å². The molecule has 0 aliphatic heterocycles. The maximum absolute atomic E-state index is 13.1. The lowest BCUT2D eigenvalue weighted by Crippen LogP contribution is -2.49. The molecule has 3 rings (SSSR count). The van der Waals surface area contributed by atoms with E-state index in [0.29, 0.717) is 31.5 Å². The van der Waals surface area contributed by atoms with Crippen molar-refractivity contribution >= 4 is 29.9 Å². The van der Waals surface area contributed by atoms with Crippen molar-refractivity contribution in [3.05, 3.63) is 52.7 Å². The summed E-state index contributed by atoms with van der Waals surface area (Å²) in [6.45, 7) is 7.18. The first-order chi connectivity index (χ1) is 13.7. The molecule has 0 unspecified atom stereocenters. The molecule has 166 valence electrons. The molecule has 0 atom stereocenters. The van der Waals surface area contributed by atoms with Gasteiger partial charge in [-0.05, 0) is 45.2 Å². The van der Waals surface area contributed by atoms with Gasteiger partial charge < -0.3 is 15.1 Å². The molecule has 0 saturated heterocycles. The topological polar surface area (TPSA) is 62.5 Å². The lowest BCUT2D eigenvalue weighted by Gasteiger charge is -2.43. The van der Waals surface area contributed by atoms with Crippen LogP contribution < -0.4 is 10.6 Å². The first-order valence-corrected chi connectivity index (χ1v) is 9.86. The lowest BCUT2D eigenvalue weighted by molar-refractivity contribution is -0.137. The van der Waals surface area contributed by atoms with E-state index in [4.69, 9.17) is 4.42 Å². The normalized spacial score (nSPS) is 15.9. The Morgan fingerprint density at radius 2 is 1.97 bits per heavy atom. The van der Waals surface area contributed by atoms with Crippen LogP contribution in [0.2, 0.25) is 0 Å². The second-order valence-corrected chi connectivity index (χ2v) is 7.51. The molecule has 1 aromatic carbocycles. The molecule has 5 nitrogen and oxygen atoms in total. The second-order valence-electron chi connectivity index (χ2n) is 7.51. The number of aromatic nitrogens is 1. The minimum atomic E-state index is -4.34. The maximum atomic E-state index is 13.1. The van der Waals surface area contributed by atoms with Crippen LogP contribution in [0.1, 0.15) is 54.7 Å². The quantitative estimate of drug-likeness (QED) is 0.306. The summed E-state index contributed by atoms with van der Waals surface area (Å²) < 4.78 is 44.9. The molecule has 1 heterocycles. The molecule has 1 aromatic heterocycles. The molecule has 0 spiro atoms. The molecule has 30 heavy (non-hydrogen) atoms. The minimum absolute atomic E-state index is 0. The number of guanidine groups is 1. The van der Waals surface area contributed by atoms with E-state index in [1.807, 2.05) is 20.8 Å². The highest BCUT2D eigenvalue weighted by atomic mass is 127. The van der Waals surface area contributed by atoms with Crippen LogP contribution in [0.4, 0.5) is 13.2 Å². The van der Waals surface area contributed by atoms with Crippen LogP contribution in [0, 0.1) is 13.8 Å². The number of aliphatic imine (C=N–C) groups is 1. The van der Waals surface area contributed by atoms with E-state index < -0.39 is 11.7 Å². The van der Waals surface area contributed by atoms with Gasteiger partial charge >= 0.3 is 6.18 Å². The van der Waals surface area contributed by atoms with Gasteiger partial charge in [0.25, 0.3) is 0 Å². The van der Waals surface area contributed by atoms with E-state index in [1.165, 1.54) is 12.1 Å². The van der Waals surface area contributed by atoms with Crippen molar-refractivity contribution < 1.29 is 17.6 Å².